The molecule has 190 valence electrons. The monoisotopic (exact) mass is 548 g/mol. The molecule has 3 aromatic carbocycles. The Labute approximate surface area is 226 Å². The van der Waals surface area contributed by atoms with Crippen LogP contribution < -0.4 is 5.32 Å². The quantitative estimate of drug-likeness (QED) is 0.265. The summed E-state index contributed by atoms with van der Waals surface area (Å²) in [5.74, 6) is -1.35. The van der Waals surface area contributed by atoms with Gasteiger partial charge in [0.2, 0.25) is 11.8 Å². The zero-order valence-electron chi connectivity index (χ0n) is 19.9. The highest BCUT2D eigenvalue weighted by Crippen LogP contribution is 2.28. The van der Waals surface area contributed by atoms with Gasteiger partial charge < -0.3 is 10.2 Å². The second-order valence-electron chi connectivity index (χ2n) is 8.45. The van der Waals surface area contributed by atoms with Crippen molar-refractivity contribution in [3.05, 3.63) is 104 Å². The highest BCUT2D eigenvalue weighted by Gasteiger charge is 2.32. The summed E-state index contributed by atoms with van der Waals surface area (Å²) in [6.07, 6.45) is 1.66. The van der Waals surface area contributed by atoms with E-state index in [-0.39, 0.29) is 35.9 Å². The summed E-state index contributed by atoms with van der Waals surface area (Å²) in [5, 5.41) is 3.83. The minimum absolute atomic E-state index is 0.0257. The van der Waals surface area contributed by atoms with Crippen LogP contribution >= 0.6 is 34.8 Å². The lowest BCUT2D eigenvalue weighted by Gasteiger charge is -2.32. The fourth-order valence-corrected chi connectivity index (χ4v) is 4.61. The molecule has 1 atom stereocenters. The molecule has 0 bridgehead atoms. The third kappa shape index (κ3) is 7.45. The molecule has 0 aromatic heterocycles. The first-order valence-electron chi connectivity index (χ1n) is 11.8. The van der Waals surface area contributed by atoms with Crippen LogP contribution in [0.4, 0.5) is 4.39 Å². The van der Waals surface area contributed by atoms with Gasteiger partial charge in [0.05, 0.1) is 6.42 Å². The van der Waals surface area contributed by atoms with Gasteiger partial charge in [-0.15, -0.1) is 0 Å². The summed E-state index contributed by atoms with van der Waals surface area (Å²) in [6, 6.07) is 17.8. The highest BCUT2D eigenvalue weighted by atomic mass is 35.5. The molecular formula is C28H28Cl3FN2O2. The predicted molar refractivity (Wildman–Crippen MR) is 144 cm³/mol. The van der Waals surface area contributed by atoms with Gasteiger partial charge in [-0.05, 0) is 36.2 Å². The zero-order chi connectivity index (χ0) is 26.1. The Morgan fingerprint density at radius 1 is 0.889 bits per heavy atom. The molecule has 36 heavy (non-hydrogen) atoms. The molecule has 1 unspecified atom stereocenters. The fourth-order valence-electron chi connectivity index (χ4n) is 3.87. The Morgan fingerprint density at radius 2 is 1.50 bits per heavy atom. The summed E-state index contributed by atoms with van der Waals surface area (Å²) in [5.41, 5.74) is 1.46. The second kappa shape index (κ2) is 13.6. The number of carbonyl (C=O) groups excluding carboxylic acids is 2. The molecule has 0 heterocycles. The van der Waals surface area contributed by atoms with Gasteiger partial charge in [0.1, 0.15) is 11.9 Å². The Balaban J connectivity index is 2.03. The third-order valence-electron chi connectivity index (χ3n) is 5.88. The number of hydrogen-bond acceptors (Lipinski definition) is 2. The van der Waals surface area contributed by atoms with Crippen molar-refractivity contribution in [3.63, 3.8) is 0 Å². The summed E-state index contributed by atoms with van der Waals surface area (Å²) < 4.78 is 14.6. The van der Waals surface area contributed by atoms with Gasteiger partial charge in [-0.1, -0.05) is 90.6 Å². The molecule has 0 saturated heterocycles. The molecule has 0 aliphatic carbocycles. The predicted octanol–water partition coefficient (Wildman–Crippen LogP) is 6.88. The van der Waals surface area contributed by atoms with Crippen LogP contribution in [0, 0.1) is 5.82 Å². The summed E-state index contributed by atoms with van der Waals surface area (Å²) in [4.78, 5) is 28.6. The van der Waals surface area contributed by atoms with E-state index in [0.717, 1.165) is 18.4 Å². The van der Waals surface area contributed by atoms with Crippen molar-refractivity contribution < 1.29 is 14.0 Å². The van der Waals surface area contributed by atoms with Gasteiger partial charge >= 0.3 is 0 Å². The molecule has 0 aliphatic heterocycles. The molecule has 3 aromatic rings. The topological polar surface area (TPSA) is 49.4 Å². The van der Waals surface area contributed by atoms with Gasteiger partial charge in [-0.25, -0.2) is 4.39 Å². The van der Waals surface area contributed by atoms with Crippen molar-refractivity contribution in [2.24, 2.45) is 0 Å². The van der Waals surface area contributed by atoms with Crippen LogP contribution in [0.1, 0.15) is 36.5 Å². The smallest absolute Gasteiger partial charge is 0.243 e. The Morgan fingerprint density at radius 3 is 2.11 bits per heavy atom. The number of amides is 2. The number of rotatable bonds is 11. The average Bonchev–Trinajstić information content (AvgIpc) is 2.86. The van der Waals surface area contributed by atoms with Crippen LogP contribution in [0.5, 0.6) is 0 Å². The second-order valence-corrected chi connectivity index (χ2v) is 9.67. The van der Waals surface area contributed by atoms with Crippen molar-refractivity contribution in [2.75, 3.05) is 6.54 Å². The van der Waals surface area contributed by atoms with E-state index in [2.05, 4.69) is 5.32 Å². The van der Waals surface area contributed by atoms with Crippen LogP contribution in [0.2, 0.25) is 15.1 Å². The molecule has 0 radical (unpaired) electrons. The summed E-state index contributed by atoms with van der Waals surface area (Å²) in [6.45, 7) is 2.48. The van der Waals surface area contributed by atoms with Gasteiger partial charge in [0.15, 0.2) is 0 Å². The first-order chi connectivity index (χ1) is 17.3. The lowest BCUT2D eigenvalue weighted by Crippen LogP contribution is -2.51. The number of nitrogens with zero attached hydrogens (tertiary/aromatic N) is 1. The Bertz CT molecular complexity index is 1150. The number of hydrogen-bond donors (Lipinski definition) is 1. The van der Waals surface area contributed by atoms with Crippen molar-refractivity contribution in [1.82, 2.24) is 10.2 Å². The minimum Gasteiger partial charge on any atom is -0.354 e. The maximum absolute atomic E-state index is 14.6. The van der Waals surface area contributed by atoms with Crippen LogP contribution in [0.25, 0.3) is 0 Å². The van der Waals surface area contributed by atoms with E-state index in [1.807, 2.05) is 37.3 Å². The number of benzene rings is 3. The number of halogens is 4. The van der Waals surface area contributed by atoms with Crippen molar-refractivity contribution in [1.29, 1.82) is 0 Å². The van der Waals surface area contributed by atoms with Gasteiger partial charge in [-0.3, -0.25) is 9.59 Å². The van der Waals surface area contributed by atoms with Gasteiger partial charge in [0, 0.05) is 45.7 Å². The molecule has 0 aliphatic rings. The number of unbranched alkanes of at least 4 members (excludes halogenated alkanes) is 1. The molecule has 8 heteroatoms. The molecule has 2 amide bonds. The van der Waals surface area contributed by atoms with E-state index >= 15 is 0 Å². The molecule has 4 nitrogen and oxygen atoms in total. The van der Waals surface area contributed by atoms with Crippen LogP contribution in [0.3, 0.4) is 0 Å². The molecule has 0 fully saturated rings. The molecule has 3 rings (SSSR count). The van der Waals surface area contributed by atoms with Gasteiger partial charge in [0.25, 0.3) is 0 Å². The summed E-state index contributed by atoms with van der Waals surface area (Å²) in [7, 11) is 0. The SMILES string of the molecule is CCCCNC(=O)C(Cc1ccccc1)N(Cc1c(Cl)cccc1Cl)C(=O)Cc1c(F)cccc1Cl. The van der Waals surface area contributed by atoms with E-state index in [0.29, 0.717) is 22.2 Å². The van der Waals surface area contributed by atoms with E-state index in [9.17, 15) is 14.0 Å². The minimum atomic E-state index is -0.880. The lowest BCUT2D eigenvalue weighted by molar-refractivity contribution is -0.140. The van der Waals surface area contributed by atoms with Crippen LogP contribution in [-0.2, 0) is 29.0 Å². The normalized spacial score (nSPS) is 11.7. The molecule has 0 saturated carbocycles. The first-order valence-corrected chi connectivity index (χ1v) is 12.9. The maximum atomic E-state index is 14.6. The molecule has 0 spiro atoms. The number of nitrogens with one attached hydrogen (secondary N) is 1. The highest BCUT2D eigenvalue weighted by molar-refractivity contribution is 6.36. The fraction of sp³-hybridized carbons (Fsp3) is 0.286. The summed E-state index contributed by atoms with van der Waals surface area (Å²) >= 11 is 19.1. The largest absolute Gasteiger partial charge is 0.354 e. The van der Waals surface area contributed by atoms with E-state index in [1.54, 1.807) is 18.2 Å². The van der Waals surface area contributed by atoms with Crippen molar-refractivity contribution >= 4 is 46.6 Å². The Kier molecular flexibility index (Phi) is 10.6. The molecular weight excluding hydrogens is 522 g/mol. The Hall–Kier alpha value is -2.60. The van der Waals surface area contributed by atoms with E-state index < -0.39 is 17.8 Å². The standard InChI is InChI=1S/C28H28Cl3FN2O2/c1-2-3-15-33-28(36)26(16-19-9-5-4-6-10-19)34(18-21-23(30)11-7-12-24(21)31)27(35)17-20-22(29)13-8-14-25(20)32/h4-14,26H,2-3,15-18H2,1H3,(H,33,36). The van der Waals surface area contributed by atoms with Crippen molar-refractivity contribution in [3.8, 4) is 0 Å². The third-order valence-corrected chi connectivity index (χ3v) is 6.94. The maximum Gasteiger partial charge on any atom is 0.243 e. The van der Waals surface area contributed by atoms with Crippen molar-refractivity contribution in [2.45, 2.75) is 45.2 Å². The average molecular weight is 550 g/mol. The molecule has 1 N–H and O–H groups in total. The number of carbonyl (C=O) groups is 2. The van der Waals surface area contributed by atoms with E-state index in [1.165, 1.54) is 23.1 Å². The zero-order valence-corrected chi connectivity index (χ0v) is 22.2. The van der Waals surface area contributed by atoms with Crippen LogP contribution in [0.15, 0.2) is 66.7 Å². The lowest BCUT2D eigenvalue weighted by atomic mass is 10.0. The van der Waals surface area contributed by atoms with Crippen LogP contribution in [-0.4, -0.2) is 29.3 Å². The first kappa shape index (κ1) is 28.0. The van der Waals surface area contributed by atoms with E-state index in [4.69, 9.17) is 34.8 Å². The van der Waals surface area contributed by atoms with Gasteiger partial charge in [-0.2, -0.15) is 0 Å².